The van der Waals surface area contributed by atoms with Gasteiger partial charge in [-0.25, -0.2) is 0 Å². The Morgan fingerprint density at radius 2 is 1.88 bits per heavy atom. The predicted molar refractivity (Wildman–Crippen MR) is 112 cm³/mol. The summed E-state index contributed by atoms with van der Waals surface area (Å²) in [4.78, 5) is 5.17. The number of halogens is 1. The zero-order chi connectivity index (χ0) is 18.7. The van der Waals surface area contributed by atoms with Crippen LogP contribution in [0.25, 0.3) is 0 Å². The molecular weight excluding hydrogens is 388 g/mol. The van der Waals surface area contributed by atoms with Crippen molar-refractivity contribution < 1.29 is 4.74 Å². The first kappa shape index (κ1) is 17.6. The van der Waals surface area contributed by atoms with Crippen LogP contribution in [-0.2, 0) is 12.8 Å². The van der Waals surface area contributed by atoms with Crippen molar-refractivity contribution in [3.05, 3.63) is 57.1 Å². The monoisotopic (exact) mass is 412 g/mol. The average molecular weight is 413 g/mol. The zero-order valence-electron chi connectivity index (χ0n) is 16.0. The molecule has 4 heteroatoms. The van der Waals surface area contributed by atoms with Crippen LogP contribution in [0.1, 0.15) is 49.9 Å². The third-order valence-electron chi connectivity index (χ3n) is 5.08. The van der Waals surface area contributed by atoms with E-state index >= 15 is 0 Å². The van der Waals surface area contributed by atoms with E-state index in [1.54, 1.807) is 0 Å². The van der Waals surface area contributed by atoms with Crippen LogP contribution in [0.2, 0.25) is 0 Å². The summed E-state index contributed by atoms with van der Waals surface area (Å²) in [6.45, 7) is 8.73. The van der Waals surface area contributed by atoms with Crippen molar-refractivity contribution >= 4 is 27.3 Å². The summed E-state index contributed by atoms with van der Waals surface area (Å²) in [6.07, 6.45) is 1.83. The Balaban J connectivity index is 2.00. The maximum atomic E-state index is 6.32. The second-order valence-corrected chi connectivity index (χ2v) is 9.43. The molecule has 0 spiro atoms. The minimum Gasteiger partial charge on any atom is -0.485 e. The van der Waals surface area contributed by atoms with Gasteiger partial charge in [0.05, 0.1) is 16.9 Å². The Kier molecular flexibility index (Phi) is 3.96. The van der Waals surface area contributed by atoms with Gasteiger partial charge in [-0.15, -0.1) is 0 Å². The van der Waals surface area contributed by atoms with Crippen molar-refractivity contribution in [2.45, 2.75) is 51.7 Å². The molecule has 2 aromatic carbocycles. The maximum Gasteiger partial charge on any atom is 0.147 e. The number of rotatable bonds is 2. The highest BCUT2D eigenvalue weighted by atomic mass is 79.9. The van der Waals surface area contributed by atoms with Crippen molar-refractivity contribution in [1.82, 2.24) is 0 Å². The van der Waals surface area contributed by atoms with E-state index in [1.807, 2.05) is 7.05 Å². The van der Waals surface area contributed by atoms with Gasteiger partial charge in [0, 0.05) is 34.6 Å². The van der Waals surface area contributed by atoms with Gasteiger partial charge in [-0.05, 0) is 57.9 Å². The molecule has 0 aliphatic carbocycles. The van der Waals surface area contributed by atoms with E-state index < -0.39 is 0 Å². The number of hydrogen-bond acceptors (Lipinski definition) is 3. The standard InChI is InChI=1S/C22H25BrN2O/c1-21(2)11-14-10-17(24-5)20-16(12-22(3,4)26-20)18(14)19(25-21)13-7-6-8-15(23)9-13/h6-10,24H,11-12H2,1-5H3. The van der Waals surface area contributed by atoms with E-state index in [1.165, 1.54) is 16.7 Å². The SMILES string of the molecule is CNc1cc2c(c3c1OC(C)(C)C3)C(c1cccc(Br)c1)=NC(C)(C)C2. The van der Waals surface area contributed by atoms with E-state index in [0.717, 1.165) is 40.0 Å². The molecular formula is C22H25BrN2O. The number of anilines is 1. The molecule has 136 valence electrons. The zero-order valence-corrected chi connectivity index (χ0v) is 17.6. The Hall–Kier alpha value is -1.81. The van der Waals surface area contributed by atoms with Gasteiger partial charge in [0.1, 0.15) is 11.4 Å². The normalized spacial score (nSPS) is 19.2. The minimum absolute atomic E-state index is 0.126. The van der Waals surface area contributed by atoms with Crippen molar-refractivity contribution in [2.24, 2.45) is 4.99 Å². The van der Waals surface area contributed by atoms with E-state index in [0.29, 0.717) is 0 Å². The van der Waals surface area contributed by atoms with E-state index in [4.69, 9.17) is 9.73 Å². The lowest BCUT2D eigenvalue weighted by Gasteiger charge is -2.31. The number of aliphatic imine (C=N–C) groups is 1. The molecule has 2 aromatic rings. The van der Waals surface area contributed by atoms with Gasteiger partial charge in [0.25, 0.3) is 0 Å². The van der Waals surface area contributed by atoms with Crippen LogP contribution in [0.15, 0.2) is 39.8 Å². The average Bonchev–Trinajstić information content (AvgIpc) is 2.87. The first-order valence-electron chi connectivity index (χ1n) is 9.11. The molecule has 0 bridgehead atoms. The summed E-state index contributed by atoms with van der Waals surface area (Å²) in [5.74, 6) is 0.985. The lowest BCUT2D eigenvalue weighted by Crippen LogP contribution is -2.30. The molecule has 4 rings (SSSR count). The molecule has 0 radical (unpaired) electrons. The molecule has 0 unspecified atom stereocenters. The fourth-order valence-corrected chi connectivity index (χ4v) is 4.53. The second-order valence-electron chi connectivity index (χ2n) is 8.51. The van der Waals surface area contributed by atoms with Gasteiger partial charge in [-0.2, -0.15) is 0 Å². The van der Waals surface area contributed by atoms with E-state index in [-0.39, 0.29) is 11.1 Å². The molecule has 0 fully saturated rings. The molecule has 0 atom stereocenters. The quantitative estimate of drug-likeness (QED) is 0.718. The van der Waals surface area contributed by atoms with Crippen LogP contribution < -0.4 is 10.1 Å². The molecule has 2 aliphatic rings. The van der Waals surface area contributed by atoms with Crippen LogP contribution in [-0.4, -0.2) is 23.9 Å². The lowest BCUT2D eigenvalue weighted by atomic mass is 9.81. The molecule has 2 aliphatic heterocycles. The number of nitrogens with zero attached hydrogens (tertiary/aromatic N) is 1. The molecule has 26 heavy (non-hydrogen) atoms. The first-order valence-corrected chi connectivity index (χ1v) is 9.90. The van der Waals surface area contributed by atoms with Crippen molar-refractivity contribution in [3.8, 4) is 5.75 Å². The molecule has 2 heterocycles. The van der Waals surface area contributed by atoms with Crippen LogP contribution in [0, 0.1) is 0 Å². The van der Waals surface area contributed by atoms with Gasteiger partial charge >= 0.3 is 0 Å². The lowest BCUT2D eigenvalue weighted by molar-refractivity contribution is 0.139. The fourth-order valence-electron chi connectivity index (χ4n) is 4.13. The predicted octanol–water partition coefficient (Wildman–Crippen LogP) is 5.38. The van der Waals surface area contributed by atoms with Crippen LogP contribution in [0.5, 0.6) is 5.75 Å². The number of benzene rings is 2. The minimum atomic E-state index is -0.196. The number of hydrogen-bond donors (Lipinski definition) is 1. The highest BCUT2D eigenvalue weighted by Gasteiger charge is 2.39. The van der Waals surface area contributed by atoms with Gasteiger partial charge < -0.3 is 10.1 Å². The van der Waals surface area contributed by atoms with Crippen molar-refractivity contribution in [2.75, 3.05) is 12.4 Å². The highest BCUT2D eigenvalue weighted by molar-refractivity contribution is 9.10. The Labute approximate surface area is 164 Å². The Bertz CT molecular complexity index is 928. The van der Waals surface area contributed by atoms with Gasteiger partial charge in [-0.1, -0.05) is 28.1 Å². The number of nitrogens with one attached hydrogen (secondary N) is 1. The van der Waals surface area contributed by atoms with Crippen LogP contribution in [0.4, 0.5) is 5.69 Å². The maximum absolute atomic E-state index is 6.32. The first-order chi connectivity index (χ1) is 12.2. The van der Waals surface area contributed by atoms with Gasteiger partial charge in [-0.3, -0.25) is 4.99 Å². The summed E-state index contributed by atoms with van der Waals surface area (Å²) in [6, 6.07) is 10.7. The molecule has 0 amide bonds. The molecule has 0 aromatic heterocycles. The fraction of sp³-hybridized carbons (Fsp3) is 0.409. The topological polar surface area (TPSA) is 33.6 Å². The summed E-state index contributed by atoms with van der Waals surface area (Å²) in [7, 11) is 1.97. The third kappa shape index (κ3) is 2.94. The summed E-state index contributed by atoms with van der Waals surface area (Å²) < 4.78 is 7.39. The van der Waals surface area contributed by atoms with E-state index in [9.17, 15) is 0 Å². The Morgan fingerprint density at radius 3 is 2.58 bits per heavy atom. The highest BCUT2D eigenvalue weighted by Crippen LogP contribution is 2.46. The third-order valence-corrected chi connectivity index (χ3v) is 5.58. The van der Waals surface area contributed by atoms with Crippen LogP contribution >= 0.6 is 15.9 Å². The molecule has 3 nitrogen and oxygen atoms in total. The smallest absolute Gasteiger partial charge is 0.147 e. The Morgan fingerprint density at radius 1 is 1.12 bits per heavy atom. The van der Waals surface area contributed by atoms with E-state index in [2.05, 4.69) is 79.3 Å². The molecule has 0 saturated heterocycles. The second kappa shape index (κ2) is 5.85. The summed E-state index contributed by atoms with van der Waals surface area (Å²) >= 11 is 3.61. The van der Waals surface area contributed by atoms with Crippen LogP contribution in [0.3, 0.4) is 0 Å². The van der Waals surface area contributed by atoms with Gasteiger partial charge in [0.2, 0.25) is 0 Å². The number of fused-ring (bicyclic) bond motifs is 3. The summed E-state index contributed by atoms with van der Waals surface area (Å²) in [5, 5.41) is 3.33. The van der Waals surface area contributed by atoms with Gasteiger partial charge in [0.15, 0.2) is 0 Å². The molecule has 1 N–H and O–H groups in total. The van der Waals surface area contributed by atoms with Crippen molar-refractivity contribution in [3.63, 3.8) is 0 Å². The number of ether oxygens (including phenoxy) is 1. The molecule has 0 saturated carbocycles. The summed E-state index contributed by atoms with van der Waals surface area (Å²) in [5.41, 5.74) is 6.89. The largest absolute Gasteiger partial charge is 0.485 e. The van der Waals surface area contributed by atoms with Crippen molar-refractivity contribution in [1.29, 1.82) is 0 Å².